The number of likely N-dealkylation sites (tertiary alicyclic amines) is 1. The molecule has 0 aromatic rings. The molecule has 0 N–H and O–H groups in total. The molecule has 3 aliphatic rings. The van der Waals surface area contributed by atoms with Crippen LogP contribution in [0.5, 0.6) is 0 Å². The zero-order chi connectivity index (χ0) is 21.0. The van der Waals surface area contributed by atoms with Crippen molar-refractivity contribution in [1.82, 2.24) is 9.80 Å². The van der Waals surface area contributed by atoms with Gasteiger partial charge in [0, 0.05) is 28.5 Å². The van der Waals surface area contributed by atoms with E-state index < -0.39 is 5.41 Å². The van der Waals surface area contributed by atoms with Crippen molar-refractivity contribution < 1.29 is 24.0 Å². The molecule has 0 radical (unpaired) electrons. The van der Waals surface area contributed by atoms with Gasteiger partial charge < -0.3 is 19.3 Å². The summed E-state index contributed by atoms with van der Waals surface area (Å²) >= 11 is 0. The van der Waals surface area contributed by atoms with Crippen LogP contribution in [0.4, 0.5) is 4.79 Å². The summed E-state index contributed by atoms with van der Waals surface area (Å²) in [4.78, 5) is 39.6. The molecular weight excluding hydrogens is 378 g/mol. The maximum atomic E-state index is 12.3. The average molecular weight is 411 g/mol. The zero-order valence-corrected chi connectivity index (χ0v) is 17.5. The van der Waals surface area contributed by atoms with Crippen molar-refractivity contribution in [3.63, 3.8) is 0 Å². The minimum atomic E-state index is -0.614. The highest BCUT2D eigenvalue weighted by Gasteiger charge is 2.48. The van der Waals surface area contributed by atoms with E-state index in [1.807, 2.05) is 11.8 Å². The topological polar surface area (TPSA) is 102 Å². The van der Waals surface area contributed by atoms with E-state index in [9.17, 15) is 19.7 Å². The highest BCUT2D eigenvalue weighted by atomic mass is 16.6. The summed E-state index contributed by atoms with van der Waals surface area (Å²) in [7, 11) is 0. The first-order chi connectivity index (χ1) is 13.9. The lowest BCUT2D eigenvalue weighted by molar-refractivity contribution is -0.499. The SMILES string of the molecule is CCOC(=O)CC1(C[N+](=O)[O-])CCN(C2CC3CCC(C2)N3C(=O)OCC)CC1. The number of carbonyl (C=O) groups is 2. The number of carbonyl (C=O) groups excluding carboxylic acids is 2. The second-order valence-corrected chi connectivity index (χ2v) is 8.63. The molecular formula is C20H33N3O6. The first-order valence-corrected chi connectivity index (χ1v) is 10.8. The number of fused-ring (bicyclic) bond motifs is 2. The van der Waals surface area contributed by atoms with E-state index in [1.54, 1.807) is 6.92 Å². The van der Waals surface area contributed by atoms with Crippen LogP contribution in [0.15, 0.2) is 0 Å². The lowest BCUT2D eigenvalue weighted by Gasteiger charge is -2.46. The summed E-state index contributed by atoms with van der Waals surface area (Å²) < 4.78 is 10.3. The summed E-state index contributed by atoms with van der Waals surface area (Å²) in [5.41, 5.74) is -0.614. The number of amides is 1. The van der Waals surface area contributed by atoms with Gasteiger partial charge in [-0.05, 0) is 65.5 Å². The molecule has 2 bridgehead atoms. The van der Waals surface area contributed by atoms with Crippen LogP contribution in [0.1, 0.15) is 58.8 Å². The molecule has 2 unspecified atom stereocenters. The maximum Gasteiger partial charge on any atom is 0.410 e. The predicted molar refractivity (Wildman–Crippen MR) is 105 cm³/mol. The van der Waals surface area contributed by atoms with E-state index in [0.29, 0.717) is 32.1 Å². The van der Waals surface area contributed by atoms with Crippen LogP contribution >= 0.6 is 0 Å². The third-order valence-corrected chi connectivity index (χ3v) is 6.85. The number of hydrogen-bond donors (Lipinski definition) is 0. The highest BCUT2D eigenvalue weighted by Crippen LogP contribution is 2.41. The second kappa shape index (κ2) is 9.28. The van der Waals surface area contributed by atoms with Gasteiger partial charge in [0.15, 0.2) is 0 Å². The molecule has 0 saturated carbocycles. The molecule has 3 aliphatic heterocycles. The minimum absolute atomic E-state index is 0.113. The van der Waals surface area contributed by atoms with Crippen molar-refractivity contribution >= 4 is 12.1 Å². The summed E-state index contributed by atoms with van der Waals surface area (Å²) in [6.45, 7) is 5.57. The van der Waals surface area contributed by atoms with Crippen LogP contribution < -0.4 is 0 Å². The molecule has 9 nitrogen and oxygen atoms in total. The van der Waals surface area contributed by atoms with Crippen molar-refractivity contribution in [3.05, 3.63) is 10.1 Å². The number of esters is 1. The Balaban J connectivity index is 1.59. The van der Waals surface area contributed by atoms with Crippen LogP contribution in [-0.2, 0) is 14.3 Å². The third kappa shape index (κ3) is 4.99. The predicted octanol–water partition coefficient (Wildman–Crippen LogP) is 2.45. The van der Waals surface area contributed by atoms with Gasteiger partial charge in [-0.1, -0.05) is 0 Å². The molecule has 3 heterocycles. The molecule has 2 atom stereocenters. The Morgan fingerprint density at radius 3 is 2.14 bits per heavy atom. The highest BCUT2D eigenvalue weighted by molar-refractivity contribution is 5.70. The Hall–Kier alpha value is -1.90. The van der Waals surface area contributed by atoms with E-state index in [0.717, 1.165) is 38.8 Å². The Labute approximate surface area is 171 Å². The van der Waals surface area contributed by atoms with Crippen LogP contribution in [-0.4, -0.2) is 77.8 Å². The number of rotatable bonds is 7. The Morgan fingerprint density at radius 1 is 1.03 bits per heavy atom. The first-order valence-electron chi connectivity index (χ1n) is 10.8. The zero-order valence-electron chi connectivity index (χ0n) is 17.5. The van der Waals surface area contributed by atoms with Crippen molar-refractivity contribution in [3.8, 4) is 0 Å². The van der Waals surface area contributed by atoms with Gasteiger partial charge in [0.1, 0.15) is 0 Å². The van der Waals surface area contributed by atoms with Gasteiger partial charge in [-0.3, -0.25) is 14.9 Å². The molecule has 3 saturated heterocycles. The van der Waals surface area contributed by atoms with Crippen LogP contribution in [0.2, 0.25) is 0 Å². The van der Waals surface area contributed by atoms with Gasteiger partial charge >= 0.3 is 12.1 Å². The van der Waals surface area contributed by atoms with E-state index in [1.165, 1.54) is 0 Å². The molecule has 0 aliphatic carbocycles. The fourth-order valence-electron chi connectivity index (χ4n) is 5.49. The van der Waals surface area contributed by atoms with Gasteiger partial charge in [-0.25, -0.2) is 4.79 Å². The van der Waals surface area contributed by atoms with Crippen molar-refractivity contribution in [1.29, 1.82) is 0 Å². The normalized spacial score (nSPS) is 28.8. The average Bonchev–Trinajstić information content (AvgIpc) is 2.92. The fourth-order valence-corrected chi connectivity index (χ4v) is 5.49. The molecule has 3 fully saturated rings. The van der Waals surface area contributed by atoms with E-state index in [2.05, 4.69) is 4.90 Å². The smallest absolute Gasteiger partial charge is 0.410 e. The molecule has 0 aromatic heterocycles. The Morgan fingerprint density at radius 2 is 1.62 bits per heavy atom. The summed E-state index contributed by atoms with van der Waals surface area (Å²) in [6, 6.07) is 0.833. The largest absolute Gasteiger partial charge is 0.466 e. The van der Waals surface area contributed by atoms with Gasteiger partial charge in [-0.15, -0.1) is 0 Å². The summed E-state index contributed by atoms with van der Waals surface area (Å²) in [6.07, 6.45) is 5.05. The number of nitrogens with zero attached hydrogens (tertiary/aromatic N) is 3. The quantitative estimate of drug-likeness (QED) is 0.360. The van der Waals surface area contributed by atoms with Crippen LogP contribution in [0, 0.1) is 15.5 Å². The van der Waals surface area contributed by atoms with Crippen molar-refractivity contribution in [2.75, 3.05) is 32.8 Å². The molecule has 29 heavy (non-hydrogen) atoms. The van der Waals surface area contributed by atoms with Gasteiger partial charge in [-0.2, -0.15) is 0 Å². The number of ether oxygens (including phenoxy) is 2. The molecule has 3 rings (SSSR count). The van der Waals surface area contributed by atoms with E-state index in [4.69, 9.17) is 9.47 Å². The molecule has 0 aromatic carbocycles. The minimum Gasteiger partial charge on any atom is -0.466 e. The standard InChI is InChI=1S/C20H33N3O6/c1-3-28-18(24)13-20(14-22(26)27)7-9-21(10-8-20)17-11-15-5-6-16(12-17)23(15)19(25)29-4-2/h15-17H,3-14H2,1-2H3. The fraction of sp³-hybridized carbons (Fsp3) is 0.900. The van der Waals surface area contributed by atoms with Crippen LogP contribution in [0.25, 0.3) is 0 Å². The summed E-state index contributed by atoms with van der Waals surface area (Å²) in [5.74, 6) is -0.344. The first kappa shape index (κ1) is 21.8. The van der Waals surface area contributed by atoms with Gasteiger partial charge in [0.05, 0.1) is 19.6 Å². The summed E-state index contributed by atoms with van der Waals surface area (Å²) in [5, 5.41) is 11.2. The molecule has 1 amide bonds. The second-order valence-electron chi connectivity index (χ2n) is 8.63. The Kier molecular flexibility index (Phi) is 6.97. The van der Waals surface area contributed by atoms with Crippen molar-refractivity contribution in [2.45, 2.75) is 76.9 Å². The molecule has 9 heteroatoms. The monoisotopic (exact) mass is 411 g/mol. The molecule has 164 valence electrons. The Bertz CT molecular complexity index is 605. The van der Waals surface area contributed by atoms with Crippen molar-refractivity contribution in [2.24, 2.45) is 5.41 Å². The number of nitro groups is 1. The lowest BCUT2D eigenvalue weighted by Crippen LogP contribution is -2.55. The number of hydrogen-bond acceptors (Lipinski definition) is 7. The number of piperidine rings is 2. The maximum absolute atomic E-state index is 12.3. The van der Waals surface area contributed by atoms with E-state index >= 15 is 0 Å². The lowest BCUT2D eigenvalue weighted by atomic mass is 9.75. The third-order valence-electron chi connectivity index (χ3n) is 6.85. The van der Waals surface area contributed by atoms with E-state index in [-0.39, 0.29) is 42.0 Å². The van der Waals surface area contributed by atoms with Gasteiger partial charge in [0.25, 0.3) is 0 Å². The molecule has 0 spiro atoms. The van der Waals surface area contributed by atoms with Gasteiger partial charge in [0.2, 0.25) is 6.54 Å². The van der Waals surface area contributed by atoms with Crippen LogP contribution in [0.3, 0.4) is 0 Å².